The van der Waals surface area contributed by atoms with Gasteiger partial charge >= 0.3 is 6.18 Å². The van der Waals surface area contributed by atoms with Crippen molar-refractivity contribution in [2.75, 3.05) is 63.8 Å². The maximum Gasteiger partial charge on any atom is 0.416 e. The number of rotatable bonds is 9. The molecule has 0 spiro atoms. The second-order valence-electron chi connectivity index (χ2n) is 7.87. The van der Waals surface area contributed by atoms with Crippen LogP contribution in [0.25, 0.3) is 0 Å². The molecule has 0 bridgehead atoms. The molecule has 2 aromatic carbocycles. The van der Waals surface area contributed by atoms with Gasteiger partial charge in [-0.15, -0.1) is 0 Å². The maximum atomic E-state index is 13.3. The number of nitrogens with zero attached hydrogens (tertiary/aromatic N) is 2. The van der Waals surface area contributed by atoms with Crippen molar-refractivity contribution in [3.63, 3.8) is 0 Å². The van der Waals surface area contributed by atoms with E-state index >= 15 is 0 Å². The molecule has 1 heterocycles. The van der Waals surface area contributed by atoms with E-state index in [1.807, 2.05) is 28.9 Å². The molecule has 1 amide bonds. The van der Waals surface area contributed by atoms with Gasteiger partial charge < -0.3 is 24.4 Å². The highest BCUT2D eigenvalue weighted by Crippen LogP contribution is 2.36. The average molecular weight is 482 g/mol. The number of benzene rings is 2. The molecule has 7 nitrogen and oxygen atoms in total. The first-order valence-electron chi connectivity index (χ1n) is 11.0. The number of likely N-dealkylation sites (N-methyl/N-ethyl adjacent to an activating group) is 1. The molecule has 0 saturated carbocycles. The second kappa shape index (κ2) is 11.4. The van der Waals surface area contributed by atoms with E-state index in [-0.39, 0.29) is 12.2 Å². The lowest BCUT2D eigenvalue weighted by Crippen LogP contribution is -2.37. The first-order chi connectivity index (χ1) is 16.2. The van der Waals surface area contributed by atoms with Gasteiger partial charge in [-0.25, -0.2) is 0 Å². The van der Waals surface area contributed by atoms with Crippen LogP contribution in [0, 0.1) is 0 Å². The van der Waals surface area contributed by atoms with Gasteiger partial charge in [0, 0.05) is 19.6 Å². The molecular formula is C24H30F3N3O4. The zero-order chi connectivity index (χ0) is 24.7. The fourth-order valence-electron chi connectivity index (χ4n) is 3.80. The van der Waals surface area contributed by atoms with Gasteiger partial charge in [-0.05, 0) is 42.4 Å². The molecule has 34 heavy (non-hydrogen) atoms. The lowest BCUT2D eigenvalue weighted by molar-refractivity contribution is -0.137. The molecule has 1 saturated heterocycles. The summed E-state index contributed by atoms with van der Waals surface area (Å²) in [5, 5.41) is 2.70. The van der Waals surface area contributed by atoms with E-state index in [2.05, 4.69) is 5.32 Å². The van der Waals surface area contributed by atoms with Crippen LogP contribution in [-0.2, 0) is 22.3 Å². The number of carbonyl (C=O) groups excluding carboxylic acids is 1. The number of carbonyl (C=O) groups is 1. The predicted molar refractivity (Wildman–Crippen MR) is 124 cm³/mol. The van der Waals surface area contributed by atoms with E-state index in [4.69, 9.17) is 14.2 Å². The average Bonchev–Trinajstić information content (AvgIpc) is 2.83. The molecule has 0 aromatic heterocycles. The SMILES string of the molecule is CCN(CC(=O)Nc1cc(C(F)(F)F)ccc1N1CCOCC1)Cc1ccc(OC)c(OC)c1. The van der Waals surface area contributed by atoms with Crippen molar-refractivity contribution in [1.82, 2.24) is 4.90 Å². The van der Waals surface area contributed by atoms with Gasteiger partial charge in [-0.1, -0.05) is 13.0 Å². The first-order valence-corrected chi connectivity index (χ1v) is 11.0. The minimum absolute atomic E-state index is 0.0175. The number of nitrogens with one attached hydrogen (secondary N) is 1. The zero-order valence-corrected chi connectivity index (χ0v) is 19.6. The number of amides is 1. The van der Waals surface area contributed by atoms with Crippen LogP contribution in [0.3, 0.4) is 0 Å². The molecule has 1 fully saturated rings. The summed E-state index contributed by atoms with van der Waals surface area (Å²) in [6.07, 6.45) is -4.51. The molecule has 3 rings (SSSR count). The first kappa shape index (κ1) is 25.6. The molecule has 186 valence electrons. The Bertz CT molecular complexity index is 978. The fraction of sp³-hybridized carbons (Fsp3) is 0.458. The van der Waals surface area contributed by atoms with Crippen molar-refractivity contribution in [3.8, 4) is 11.5 Å². The summed E-state index contributed by atoms with van der Waals surface area (Å²) in [5.41, 5.74) is 0.800. The Balaban J connectivity index is 1.75. The van der Waals surface area contributed by atoms with E-state index in [0.717, 1.165) is 17.7 Å². The zero-order valence-electron chi connectivity index (χ0n) is 19.6. The molecule has 1 aliphatic rings. The van der Waals surface area contributed by atoms with Crippen LogP contribution < -0.4 is 19.7 Å². The molecule has 10 heteroatoms. The van der Waals surface area contributed by atoms with Gasteiger partial charge in [0.15, 0.2) is 11.5 Å². The summed E-state index contributed by atoms with van der Waals surface area (Å²) in [5.74, 6) is 0.794. The Kier molecular flexibility index (Phi) is 8.62. The Morgan fingerprint density at radius 1 is 1.09 bits per heavy atom. The van der Waals surface area contributed by atoms with Crippen molar-refractivity contribution < 1.29 is 32.2 Å². The Hall–Kier alpha value is -2.98. The Morgan fingerprint density at radius 3 is 2.41 bits per heavy atom. The Morgan fingerprint density at radius 2 is 1.79 bits per heavy atom. The lowest BCUT2D eigenvalue weighted by atomic mass is 10.1. The van der Waals surface area contributed by atoms with Crippen LogP contribution in [0.15, 0.2) is 36.4 Å². The summed E-state index contributed by atoms with van der Waals surface area (Å²) < 4.78 is 55.9. The summed E-state index contributed by atoms with van der Waals surface area (Å²) in [7, 11) is 3.10. The number of anilines is 2. The molecule has 0 aliphatic carbocycles. The number of morpholine rings is 1. The third-order valence-electron chi connectivity index (χ3n) is 5.62. The van der Waals surface area contributed by atoms with Gasteiger partial charge in [0.2, 0.25) is 5.91 Å². The number of ether oxygens (including phenoxy) is 3. The van der Waals surface area contributed by atoms with Gasteiger partial charge in [0.1, 0.15) is 0 Å². The van der Waals surface area contributed by atoms with Crippen LogP contribution in [0.5, 0.6) is 11.5 Å². The van der Waals surface area contributed by atoms with Gasteiger partial charge in [-0.3, -0.25) is 9.69 Å². The third kappa shape index (κ3) is 6.54. The minimum Gasteiger partial charge on any atom is -0.493 e. The Labute approximate surface area is 197 Å². The van der Waals surface area contributed by atoms with E-state index in [0.29, 0.717) is 56.6 Å². The van der Waals surface area contributed by atoms with E-state index in [1.54, 1.807) is 20.3 Å². The summed E-state index contributed by atoms with van der Waals surface area (Å²) in [6, 6.07) is 8.95. The van der Waals surface area contributed by atoms with Crippen LogP contribution in [0.4, 0.5) is 24.5 Å². The predicted octanol–water partition coefficient (Wildman–Crippen LogP) is 4.02. The molecule has 0 radical (unpaired) electrons. The molecule has 0 atom stereocenters. The summed E-state index contributed by atoms with van der Waals surface area (Å²) in [4.78, 5) is 16.7. The number of halogens is 3. The van der Waals surface area contributed by atoms with Crippen molar-refractivity contribution >= 4 is 17.3 Å². The standard InChI is InChI=1S/C24H30F3N3O4/c1-4-29(15-17-5-8-21(32-2)22(13-17)33-3)16-23(31)28-19-14-18(24(25,26)27)6-7-20(19)30-9-11-34-12-10-30/h5-8,13-14H,4,9-12,15-16H2,1-3H3,(H,28,31). The van der Waals surface area contributed by atoms with Gasteiger partial charge in [0.05, 0.1) is 50.9 Å². The van der Waals surface area contributed by atoms with Crippen LogP contribution >= 0.6 is 0 Å². The van der Waals surface area contributed by atoms with E-state index < -0.39 is 17.6 Å². The minimum atomic E-state index is -4.51. The summed E-state index contributed by atoms with van der Waals surface area (Å²) >= 11 is 0. The normalized spacial score (nSPS) is 14.3. The van der Waals surface area contributed by atoms with Gasteiger partial charge in [0.25, 0.3) is 0 Å². The molecule has 1 N–H and O–H groups in total. The van der Waals surface area contributed by atoms with Crippen LogP contribution in [-0.4, -0.2) is 64.4 Å². The number of hydrogen-bond donors (Lipinski definition) is 1. The van der Waals surface area contributed by atoms with E-state index in [9.17, 15) is 18.0 Å². The quantitative estimate of drug-likeness (QED) is 0.584. The summed E-state index contributed by atoms with van der Waals surface area (Å²) in [6.45, 7) is 4.99. The van der Waals surface area contributed by atoms with Crippen molar-refractivity contribution in [2.45, 2.75) is 19.6 Å². The lowest BCUT2D eigenvalue weighted by Gasteiger charge is -2.31. The third-order valence-corrected chi connectivity index (χ3v) is 5.62. The highest BCUT2D eigenvalue weighted by Gasteiger charge is 2.32. The van der Waals surface area contributed by atoms with Crippen molar-refractivity contribution in [2.24, 2.45) is 0 Å². The largest absolute Gasteiger partial charge is 0.493 e. The van der Waals surface area contributed by atoms with E-state index in [1.165, 1.54) is 6.07 Å². The highest BCUT2D eigenvalue weighted by molar-refractivity contribution is 5.95. The number of methoxy groups -OCH3 is 2. The maximum absolute atomic E-state index is 13.3. The van der Waals surface area contributed by atoms with Crippen molar-refractivity contribution in [1.29, 1.82) is 0 Å². The molecule has 0 unspecified atom stereocenters. The topological polar surface area (TPSA) is 63.3 Å². The monoisotopic (exact) mass is 481 g/mol. The number of alkyl halides is 3. The van der Waals surface area contributed by atoms with Crippen LogP contribution in [0.1, 0.15) is 18.1 Å². The van der Waals surface area contributed by atoms with Gasteiger partial charge in [-0.2, -0.15) is 13.2 Å². The smallest absolute Gasteiger partial charge is 0.416 e. The highest BCUT2D eigenvalue weighted by atomic mass is 19.4. The number of hydrogen-bond acceptors (Lipinski definition) is 6. The van der Waals surface area contributed by atoms with Crippen LogP contribution in [0.2, 0.25) is 0 Å². The second-order valence-corrected chi connectivity index (χ2v) is 7.87. The molecule has 2 aromatic rings. The molecular weight excluding hydrogens is 451 g/mol. The molecule has 1 aliphatic heterocycles. The fourth-order valence-corrected chi connectivity index (χ4v) is 3.80. The van der Waals surface area contributed by atoms with Crippen molar-refractivity contribution in [3.05, 3.63) is 47.5 Å².